The van der Waals surface area contributed by atoms with E-state index >= 15 is 0 Å². The van der Waals surface area contributed by atoms with Crippen LogP contribution in [0.3, 0.4) is 0 Å². The Bertz CT molecular complexity index is 996. The maximum absolute atomic E-state index is 14.3. The molecule has 3 rings (SSSR count). The monoisotopic (exact) mass is 453 g/mol. The van der Waals surface area contributed by atoms with E-state index in [9.17, 15) is 13.6 Å². The first-order valence-electron chi connectivity index (χ1n) is 7.75. The molecular formula is C18H14BrF2N3O2S. The van der Waals surface area contributed by atoms with E-state index in [1.165, 1.54) is 23.5 Å². The Morgan fingerprint density at radius 1 is 1.26 bits per heavy atom. The van der Waals surface area contributed by atoms with Gasteiger partial charge in [0.25, 0.3) is 0 Å². The minimum atomic E-state index is -1.11. The van der Waals surface area contributed by atoms with Crippen molar-refractivity contribution >= 4 is 33.8 Å². The molecule has 27 heavy (non-hydrogen) atoms. The molecule has 0 saturated carbocycles. The molecule has 1 aromatic heterocycles. The molecule has 5 nitrogen and oxygen atoms in total. The first kappa shape index (κ1) is 19.4. The summed E-state index contributed by atoms with van der Waals surface area (Å²) in [6.45, 7) is 0.0192. The second kappa shape index (κ2) is 8.10. The van der Waals surface area contributed by atoms with Crippen LogP contribution in [0, 0.1) is 11.6 Å². The van der Waals surface area contributed by atoms with Crippen LogP contribution in [0.15, 0.2) is 62.9 Å². The highest BCUT2D eigenvalue weighted by Gasteiger charge is 2.17. The van der Waals surface area contributed by atoms with E-state index in [4.69, 9.17) is 5.11 Å². The molecule has 0 unspecified atom stereocenters. The van der Waals surface area contributed by atoms with Gasteiger partial charge in [0.2, 0.25) is 0 Å². The minimum absolute atomic E-state index is 0.0192. The van der Waals surface area contributed by atoms with Crippen molar-refractivity contribution in [1.82, 2.24) is 14.7 Å². The van der Waals surface area contributed by atoms with Gasteiger partial charge in [-0.1, -0.05) is 33.8 Å². The molecule has 2 aromatic carbocycles. The molecule has 3 aromatic rings. The molecule has 0 saturated heterocycles. The highest BCUT2D eigenvalue weighted by atomic mass is 79.9. The van der Waals surface area contributed by atoms with Crippen LogP contribution in [-0.2, 0) is 6.54 Å². The van der Waals surface area contributed by atoms with Gasteiger partial charge in [0.15, 0.2) is 0 Å². The van der Waals surface area contributed by atoms with Gasteiger partial charge >= 0.3 is 6.09 Å². The zero-order valence-corrected chi connectivity index (χ0v) is 16.5. The lowest BCUT2D eigenvalue weighted by Crippen LogP contribution is -2.24. The lowest BCUT2D eigenvalue weighted by molar-refractivity contribution is 0.153. The Kier molecular flexibility index (Phi) is 5.81. The summed E-state index contributed by atoms with van der Waals surface area (Å²) in [7, 11) is 1.41. The van der Waals surface area contributed by atoms with E-state index in [0.717, 1.165) is 32.5 Å². The standard InChI is InChI=1S/C18H14BrF2N3O2S/c1-23(18(25)26)10-13-9-17(27-14-4-2-3-11(19)7-14)24(22-13)16-8-12(20)5-6-15(16)21/h2-9H,10H2,1H3,(H,25,26). The van der Waals surface area contributed by atoms with Gasteiger partial charge < -0.3 is 10.0 Å². The highest BCUT2D eigenvalue weighted by Crippen LogP contribution is 2.32. The van der Waals surface area contributed by atoms with Crippen molar-refractivity contribution < 1.29 is 18.7 Å². The molecule has 1 N–H and O–H groups in total. The van der Waals surface area contributed by atoms with Crippen LogP contribution in [0.1, 0.15) is 5.69 Å². The van der Waals surface area contributed by atoms with Crippen LogP contribution in [0.4, 0.5) is 13.6 Å². The van der Waals surface area contributed by atoms with Crippen LogP contribution in [-0.4, -0.2) is 32.9 Å². The maximum atomic E-state index is 14.3. The number of rotatable bonds is 5. The topological polar surface area (TPSA) is 58.4 Å². The summed E-state index contributed by atoms with van der Waals surface area (Å²) in [6.07, 6.45) is -1.11. The van der Waals surface area contributed by atoms with Crippen molar-refractivity contribution in [2.45, 2.75) is 16.5 Å². The fourth-order valence-electron chi connectivity index (χ4n) is 2.34. The third kappa shape index (κ3) is 4.67. The van der Waals surface area contributed by atoms with Gasteiger partial charge in [-0.2, -0.15) is 5.10 Å². The molecule has 1 heterocycles. The van der Waals surface area contributed by atoms with E-state index in [1.54, 1.807) is 6.07 Å². The summed E-state index contributed by atoms with van der Waals surface area (Å²) in [5.41, 5.74) is 0.373. The third-order valence-electron chi connectivity index (χ3n) is 3.61. The van der Waals surface area contributed by atoms with E-state index in [1.807, 2.05) is 24.3 Å². The predicted molar refractivity (Wildman–Crippen MR) is 101 cm³/mol. The predicted octanol–water partition coefficient (Wildman–Crippen LogP) is 5.17. The zero-order chi connectivity index (χ0) is 19.6. The fraction of sp³-hybridized carbons (Fsp3) is 0.111. The molecule has 9 heteroatoms. The Labute approximate surface area is 166 Å². The van der Waals surface area contributed by atoms with Gasteiger partial charge in [0.1, 0.15) is 22.3 Å². The van der Waals surface area contributed by atoms with Crippen molar-refractivity contribution in [3.63, 3.8) is 0 Å². The molecular weight excluding hydrogens is 440 g/mol. The number of hydrogen-bond acceptors (Lipinski definition) is 3. The molecule has 1 amide bonds. The van der Waals surface area contributed by atoms with E-state index in [2.05, 4.69) is 21.0 Å². The Morgan fingerprint density at radius 3 is 2.74 bits per heavy atom. The smallest absolute Gasteiger partial charge is 0.407 e. The normalized spacial score (nSPS) is 10.8. The summed E-state index contributed by atoms with van der Waals surface area (Å²) >= 11 is 4.71. The summed E-state index contributed by atoms with van der Waals surface area (Å²) in [5.74, 6) is -1.22. The molecule has 0 atom stereocenters. The van der Waals surface area contributed by atoms with E-state index in [-0.39, 0.29) is 12.2 Å². The number of amides is 1. The fourth-order valence-corrected chi connectivity index (χ4v) is 3.89. The van der Waals surface area contributed by atoms with Crippen molar-refractivity contribution in [2.24, 2.45) is 0 Å². The van der Waals surface area contributed by atoms with Gasteiger partial charge in [-0.25, -0.2) is 18.3 Å². The molecule has 0 aliphatic rings. The number of halogens is 3. The third-order valence-corrected chi connectivity index (χ3v) is 5.09. The van der Waals surface area contributed by atoms with Gasteiger partial charge in [-0.05, 0) is 36.4 Å². The zero-order valence-electron chi connectivity index (χ0n) is 14.1. The molecule has 0 radical (unpaired) electrons. The molecule has 0 bridgehead atoms. The Hall–Kier alpha value is -2.39. The second-order valence-corrected chi connectivity index (χ2v) is 7.69. The van der Waals surface area contributed by atoms with Crippen LogP contribution in [0.2, 0.25) is 0 Å². The molecule has 0 spiro atoms. The molecule has 0 aliphatic carbocycles. The van der Waals surface area contributed by atoms with Crippen LogP contribution >= 0.6 is 27.7 Å². The van der Waals surface area contributed by atoms with Crippen LogP contribution in [0.25, 0.3) is 5.69 Å². The minimum Gasteiger partial charge on any atom is -0.465 e. The number of aromatic nitrogens is 2. The second-order valence-electron chi connectivity index (χ2n) is 5.68. The summed E-state index contributed by atoms with van der Waals surface area (Å²) in [6, 6.07) is 12.3. The number of nitrogens with zero attached hydrogens (tertiary/aromatic N) is 3. The lowest BCUT2D eigenvalue weighted by Gasteiger charge is -2.10. The Balaban J connectivity index is 2.04. The average Bonchev–Trinajstić information content (AvgIpc) is 2.99. The van der Waals surface area contributed by atoms with E-state index in [0.29, 0.717) is 10.7 Å². The number of carbonyl (C=O) groups is 1. The highest BCUT2D eigenvalue weighted by molar-refractivity contribution is 9.10. The summed E-state index contributed by atoms with van der Waals surface area (Å²) < 4.78 is 30.1. The first-order valence-corrected chi connectivity index (χ1v) is 9.36. The van der Waals surface area contributed by atoms with Crippen molar-refractivity contribution in [1.29, 1.82) is 0 Å². The van der Waals surface area contributed by atoms with Gasteiger partial charge in [-0.15, -0.1) is 0 Å². The Morgan fingerprint density at radius 2 is 2.04 bits per heavy atom. The number of benzene rings is 2. The number of hydrogen-bond donors (Lipinski definition) is 1. The molecule has 140 valence electrons. The number of carboxylic acid groups (broad SMARTS) is 1. The van der Waals surface area contributed by atoms with Crippen LogP contribution in [0.5, 0.6) is 0 Å². The summed E-state index contributed by atoms with van der Waals surface area (Å²) in [4.78, 5) is 13.0. The van der Waals surface area contributed by atoms with Gasteiger partial charge in [0.05, 0.1) is 12.2 Å². The average molecular weight is 454 g/mol. The van der Waals surface area contributed by atoms with Gasteiger partial charge in [0, 0.05) is 22.5 Å². The van der Waals surface area contributed by atoms with Crippen molar-refractivity contribution in [3.05, 3.63) is 70.3 Å². The first-order chi connectivity index (χ1) is 12.8. The maximum Gasteiger partial charge on any atom is 0.407 e. The summed E-state index contributed by atoms with van der Waals surface area (Å²) in [5, 5.41) is 13.9. The quantitative estimate of drug-likeness (QED) is 0.578. The molecule has 0 aliphatic heterocycles. The molecule has 0 fully saturated rings. The largest absolute Gasteiger partial charge is 0.465 e. The van der Waals surface area contributed by atoms with Gasteiger partial charge in [-0.3, -0.25) is 0 Å². The van der Waals surface area contributed by atoms with E-state index < -0.39 is 17.7 Å². The SMILES string of the molecule is CN(Cc1cc(Sc2cccc(Br)c2)n(-c2cc(F)ccc2F)n1)C(=O)O. The van der Waals surface area contributed by atoms with Crippen molar-refractivity contribution in [3.8, 4) is 5.69 Å². The van der Waals surface area contributed by atoms with Crippen LogP contribution < -0.4 is 0 Å². The lowest BCUT2D eigenvalue weighted by atomic mass is 10.3. The van der Waals surface area contributed by atoms with Crippen molar-refractivity contribution in [2.75, 3.05) is 7.05 Å².